The normalized spacial score (nSPS) is 10.3. The van der Waals surface area contributed by atoms with Gasteiger partial charge in [-0.1, -0.05) is 16.8 Å². The van der Waals surface area contributed by atoms with E-state index in [1.807, 2.05) is 0 Å². The third kappa shape index (κ3) is 6.11. The molecule has 2 amide bonds. The molecule has 0 radical (unpaired) electrons. The highest BCUT2D eigenvalue weighted by Gasteiger charge is 2.17. The number of methoxy groups -OCH3 is 2. The number of amides is 2. The molecule has 0 saturated heterocycles. The van der Waals surface area contributed by atoms with Crippen LogP contribution in [-0.2, 0) is 4.79 Å². The van der Waals surface area contributed by atoms with E-state index in [2.05, 4.69) is 20.8 Å². The van der Waals surface area contributed by atoms with Crippen LogP contribution in [0.25, 0.3) is 11.4 Å². The van der Waals surface area contributed by atoms with Gasteiger partial charge in [-0.15, -0.1) is 0 Å². The van der Waals surface area contributed by atoms with Crippen molar-refractivity contribution in [2.75, 3.05) is 33.9 Å². The van der Waals surface area contributed by atoms with Crippen LogP contribution in [0, 0.1) is 0 Å². The molecule has 0 fully saturated rings. The molecule has 0 bridgehead atoms. The summed E-state index contributed by atoms with van der Waals surface area (Å²) in [4.78, 5) is 28.1. The minimum absolute atomic E-state index is 0.159. The van der Waals surface area contributed by atoms with Gasteiger partial charge in [-0.2, -0.15) is 4.98 Å². The van der Waals surface area contributed by atoms with Crippen molar-refractivity contribution >= 4 is 23.4 Å². The molecule has 2 N–H and O–H groups in total. The molecule has 0 aliphatic rings. The number of carbonyl (C=O) groups excluding carboxylic acids is 2. The highest BCUT2D eigenvalue weighted by atomic mass is 35.5. The molecule has 168 valence electrons. The maximum absolute atomic E-state index is 12.2. The van der Waals surface area contributed by atoms with Crippen molar-refractivity contribution < 1.29 is 28.3 Å². The van der Waals surface area contributed by atoms with E-state index < -0.39 is 5.91 Å². The summed E-state index contributed by atoms with van der Waals surface area (Å²) in [6.07, 6.45) is 0. The first-order valence-corrected chi connectivity index (χ1v) is 9.87. The minimum atomic E-state index is -0.559. The van der Waals surface area contributed by atoms with Gasteiger partial charge in [-0.05, 0) is 42.5 Å². The number of benzene rings is 2. The lowest BCUT2D eigenvalue weighted by Gasteiger charge is -2.08. The Bertz CT molecular complexity index is 1070. The lowest BCUT2D eigenvalue weighted by molar-refractivity contribution is -0.123. The third-order valence-electron chi connectivity index (χ3n) is 4.18. The Morgan fingerprint density at radius 2 is 1.72 bits per heavy atom. The zero-order chi connectivity index (χ0) is 22.9. The Labute approximate surface area is 188 Å². The molecule has 0 aliphatic carbocycles. The molecule has 0 unspecified atom stereocenters. The predicted octanol–water partition coefficient (Wildman–Crippen LogP) is 2.33. The number of nitrogens with zero attached hydrogens (tertiary/aromatic N) is 2. The summed E-state index contributed by atoms with van der Waals surface area (Å²) in [5.74, 6) is 0.712. The van der Waals surface area contributed by atoms with E-state index in [9.17, 15) is 9.59 Å². The highest BCUT2D eigenvalue weighted by Crippen LogP contribution is 2.31. The lowest BCUT2D eigenvalue weighted by atomic mass is 10.2. The van der Waals surface area contributed by atoms with Crippen LogP contribution < -0.4 is 24.8 Å². The van der Waals surface area contributed by atoms with Crippen LogP contribution >= 0.6 is 11.6 Å². The second-order valence-corrected chi connectivity index (χ2v) is 6.78. The van der Waals surface area contributed by atoms with Gasteiger partial charge >= 0.3 is 11.8 Å². The summed E-state index contributed by atoms with van der Waals surface area (Å²) < 4.78 is 20.8. The van der Waals surface area contributed by atoms with Crippen LogP contribution in [0.3, 0.4) is 0 Å². The van der Waals surface area contributed by atoms with E-state index in [1.165, 1.54) is 14.2 Å². The number of aromatic nitrogens is 2. The van der Waals surface area contributed by atoms with Gasteiger partial charge in [0.2, 0.25) is 5.82 Å². The van der Waals surface area contributed by atoms with Crippen molar-refractivity contribution in [3.8, 4) is 28.6 Å². The highest BCUT2D eigenvalue weighted by molar-refractivity contribution is 6.30. The largest absolute Gasteiger partial charge is 0.493 e. The fraction of sp³-hybridized carbons (Fsp3) is 0.238. The number of nitrogens with one attached hydrogen (secondary N) is 2. The maximum atomic E-state index is 12.2. The Balaban J connectivity index is 1.43. The van der Waals surface area contributed by atoms with Crippen molar-refractivity contribution in [1.29, 1.82) is 0 Å². The molecule has 10 nitrogen and oxygen atoms in total. The monoisotopic (exact) mass is 460 g/mol. The van der Waals surface area contributed by atoms with Crippen molar-refractivity contribution in [3.63, 3.8) is 0 Å². The van der Waals surface area contributed by atoms with Crippen molar-refractivity contribution in [1.82, 2.24) is 20.8 Å². The summed E-state index contributed by atoms with van der Waals surface area (Å²) in [6, 6.07) is 11.7. The number of carbonyl (C=O) groups is 2. The van der Waals surface area contributed by atoms with E-state index >= 15 is 0 Å². The molecular weight excluding hydrogens is 440 g/mol. The molecule has 0 atom stereocenters. The van der Waals surface area contributed by atoms with Gasteiger partial charge in [0.1, 0.15) is 5.75 Å². The summed E-state index contributed by atoms with van der Waals surface area (Å²) in [6.45, 7) is 0.207. The van der Waals surface area contributed by atoms with Gasteiger partial charge in [-0.3, -0.25) is 9.59 Å². The molecule has 2 aromatic carbocycles. The maximum Gasteiger partial charge on any atom is 0.316 e. The van der Waals surface area contributed by atoms with E-state index in [0.717, 1.165) is 0 Å². The standard InChI is InChI=1S/C21H21ClN4O6/c1-29-16-8-3-13(11-17(16)30-2)19-25-21(32-26-19)20(28)24-10-9-23-18(27)12-31-15-6-4-14(22)5-7-15/h3-8,11H,9-10,12H2,1-2H3,(H,23,27)(H,24,28). The molecule has 0 spiro atoms. The van der Waals surface area contributed by atoms with Crippen LogP contribution in [0.5, 0.6) is 17.2 Å². The van der Waals surface area contributed by atoms with Crippen LogP contribution in [0.1, 0.15) is 10.7 Å². The number of ether oxygens (including phenoxy) is 3. The zero-order valence-electron chi connectivity index (χ0n) is 17.4. The summed E-state index contributed by atoms with van der Waals surface area (Å²) >= 11 is 5.79. The van der Waals surface area contributed by atoms with Crippen molar-refractivity contribution in [2.24, 2.45) is 0 Å². The van der Waals surface area contributed by atoms with Gasteiger partial charge < -0.3 is 29.4 Å². The molecule has 32 heavy (non-hydrogen) atoms. The average Bonchev–Trinajstić information content (AvgIpc) is 3.31. The van der Waals surface area contributed by atoms with Crippen LogP contribution in [0.2, 0.25) is 5.02 Å². The van der Waals surface area contributed by atoms with Crippen LogP contribution in [-0.4, -0.2) is 55.9 Å². The van der Waals surface area contributed by atoms with Gasteiger partial charge in [0, 0.05) is 23.7 Å². The zero-order valence-corrected chi connectivity index (χ0v) is 18.1. The van der Waals surface area contributed by atoms with E-state index in [-0.39, 0.29) is 37.3 Å². The summed E-state index contributed by atoms with van der Waals surface area (Å²) in [7, 11) is 3.04. The van der Waals surface area contributed by atoms with E-state index in [1.54, 1.807) is 42.5 Å². The number of rotatable bonds is 10. The minimum Gasteiger partial charge on any atom is -0.493 e. The fourth-order valence-corrected chi connectivity index (χ4v) is 2.72. The van der Waals surface area contributed by atoms with E-state index in [4.69, 9.17) is 30.3 Å². The Morgan fingerprint density at radius 1 is 1.00 bits per heavy atom. The molecule has 0 saturated carbocycles. The van der Waals surface area contributed by atoms with Crippen LogP contribution in [0.4, 0.5) is 0 Å². The summed E-state index contributed by atoms with van der Waals surface area (Å²) in [5, 5.41) is 9.61. The van der Waals surface area contributed by atoms with Gasteiger partial charge in [-0.25, -0.2) is 0 Å². The summed E-state index contributed by atoms with van der Waals surface area (Å²) in [5.41, 5.74) is 0.596. The van der Waals surface area contributed by atoms with Crippen molar-refractivity contribution in [3.05, 3.63) is 53.4 Å². The third-order valence-corrected chi connectivity index (χ3v) is 4.43. The molecule has 11 heteroatoms. The molecular formula is C21H21ClN4O6. The fourth-order valence-electron chi connectivity index (χ4n) is 2.59. The first kappa shape index (κ1) is 22.9. The first-order chi connectivity index (χ1) is 15.5. The molecule has 1 aromatic heterocycles. The quantitative estimate of drug-likeness (QED) is 0.442. The second-order valence-electron chi connectivity index (χ2n) is 6.34. The molecule has 3 aromatic rings. The smallest absolute Gasteiger partial charge is 0.316 e. The van der Waals surface area contributed by atoms with Gasteiger partial charge in [0.15, 0.2) is 18.1 Å². The van der Waals surface area contributed by atoms with Crippen LogP contribution in [0.15, 0.2) is 47.0 Å². The molecule has 3 rings (SSSR count). The van der Waals surface area contributed by atoms with Crippen molar-refractivity contribution in [2.45, 2.75) is 0 Å². The van der Waals surface area contributed by atoms with Gasteiger partial charge in [0.25, 0.3) is 5.91 Å². The lowest BCUT2D eigenvalue weighted by Crippen LogP contribution is -2.36. The average molecular weight is 461 g/mol. The predicted molar refractivity (Wildman–Crippen MR) is 115 cm³/mol. The Morgan fingerprint density at radius 3 is 2.44 bits per heavy atom. The number of halogens is 1. The Kier molecular flexibility index (Phi) is 7.87. The number of hydrogen-bond acceptors (Lipinski definition) is 8. The Hall–Kier alpha value is -3.79. The molecule has 1 heterocycles. The van der Waals surface area contributed by atoms with Gasteiger partial charge in [0.05, 0.1) is 14.2 Å². The SMILES string of the molecule is COc1ccc(-c2noc(C(=O)NCCNC(=O)COc3ccc(Cl)cc3)n2)cc1OC. The first-order valence-electron chi connectivity index (χ1n) is 9.49. The second kappa shape index (κ2) is 11.0. The number of hydrogen-bond donors (Lipinski definition) is 2. The molecule has 0 aliphatic heterocycles. The van der Waals surface area contributed by atoms with E-state index in [0.29, 0.717) is 27.8 Å². The topological polar surface area (TPSA) is 125 Å².